The van der Waals surface area contributed by atoms with Crippen molar-refractivity contribution in [3.63, 3.8) is 0 Å². The first-order valence-electron chi connectivity index (χ1n) is 10.4. The van der Waals surface area contributed by atoms with E-state index in [4.69, 9.17) is 23.7 Å². The van der Waals surface area contributed by atoms with E-state index in [1.54, 1.807) is 12.1 Å². The molecule has 0 radical (unpaired) electrons. The van der Waals surface area contributed by atoms with Crippen molar-refractivity contribution in [2.75, 3.05) is 31.9 Å². The van der Waals surface area contributed by atoms with Crippen molar-refractivity contribution in [2.24, 2.45) is 0 Å². The van der Waals surface area contributed by atoms with Gasteiger partial charge in [0.2, 0.25) is 6.79 Å². The van der Waals surface area contributed by atoms with Crippen LogP contribution in [0.1, 0.15) is 27.0 Å². The minimum atomic E-state index is -0.624. The normalized spacial score (nSPS) is 13.3. The molecule has 2 aliphatic heterocycles. The summed E-state index contributed by atoms with van der Waals surface area (Å²) < 4.78 is 26.9. The zero-order valence-electron chi connectivity index (χ0n) is 18.0. The van der Waals surface area contributed by atoms with E-state index in [0.29, 0.717) is 41.1 Å². The molecule has 0 saturated heterocycles. The summed E-state index contributed by atoms with van der Waals surface area (Å²) in [5, 5.41) is 2.59. The lowest BCUT2D eigenvalue weighted by molar-refractivity contribution is -0.119. The number of Topliss-reactive ketones (excluding diaryl/α,β-unsaturated/α-hetero) is 1. The largest absolute Gasteiger partial charge is 0.486 e. The molecule has 5 rings (SSSR count). The highest BCUT2D eigenvalue weighted by Crippen LogP contribution is 2.38. The Morgan fingerprint density at radius 2 is 1.65 bits per heavy atom. The lowest BCUT2D eigenvalue weighted by Gasteiger charge is -2.18. The second kappa shape index (κ2) is 9.06. The van der Waals surface area contributed by atoms with E-state index in [9.17, 15) is 14.4 Å². The number of ether oxygens (including phenoxy) is 5. The van der Waals surface area contributed by atoms with Crippen molar-refractivity contribution in [1.82, 2.24) is 0 Å². The molecule has 3 heterocycles. The molecule has 0 spiro atoms. The van der Waals surface area contributed by atoms with Crippen LogP contribution in [0.15, 0.2) is 42.5 Å². The highest BCUT2D eigenvalue weighted by Gasteiger charge is 2.21. The molecule has 10 heteroatoms. The molecule has 0 saturated carbocycles. The van der Waals surface area contributed by atoms with Gasteiger partial charge in [-0.15, -0.1) is 11.3 Å². The number of thiophene rings is 1. The number of carbonyl (C=O) groups excluding carboxylic acids is 3. The van der Waals surface area contributed by atoms with Gasteiger partial charge in [0.05, 0.1) is 5.69 Å². The maximum atomic E-state index is 12.5. The Bertz CT molecular complexity index is 1300. The summed E-state index contributed by atoms with van der Waals surface area (Å²) in [7, 11) is 0. The zero-order valence-corrected chi connectivity index (χ0v) is 18.9. The van der Waals surface area contributed by atoms with Gasteiger partial charge in [0.15, 0.2) is 35.4 Å². The van der Waals surface area contributed by atoms with Crippen LogP contribution in [0.4, 0.5) is 5.69 Å². The summed E-state index contributed by atoms with van der Waals surface area (Å²) in [6.45, 7) is 1.91. The smallest absolute Gasteiger partial charge is 0.348 e. The van der Waals surface area contributed by atoms with E-state index in [0.717, 1.165) is 10.4 Å². The summed E-state index contributed by atoms with van der Waals surface area (Å²) in [6, 6.07) is 12.0. The fourth-order valence-electron chi connectivity index (χ4n) is 3.52. The van der Waals surface area contributed by atoms with Gasteiger partial charge in [-0.2, -0.15) is 0 Å². The molecule has 0 aliphatic carbocycles. The van der Waals surface area contributed by atoms with Crippen LogP contribution in [0.3, 0.4) is 0 Å². The van der Waals surface area contributed by atoms with Crippen LogP contribution in [0, 0.1) is 0 Å². The third kappa shape index (κ3) is 4.40. The molecule has 174 valence electrons. The van der Waals surface area contributed by atoms with Crippen molar-refractivity contribution >= 4 is 34.7 Å². The Labute approximate surface area is 198 Å². The van der Waals surface area contributed by atoms with Crippen LogP contribution in [0.25, 0.3) is 10.4 Å². The number of ketones is 1. The molecule has 3 aromatic rings. The van der Waals surface area contributed by atoms with Crippen LogP contribution in [0.5, 0.6) is 23.0 Å². The van der Waals surface area contributed by atoms with Crippen molar-refractivity contribution in [2.45, 2.75) is 6.92 Å². The summed E-state index contributed by atoms with van der Waals surface area (Å²) in [4.78, 5) is 38.0. The maximum Gasteiger partial charge on any atom is 0.348 e. The fourth-order valence-corrected chi connectivity index (χ4v) is 4.42. The maximum absolute atomic E-state index is 12.5. The molecule has 0 unspecified atom stereocenters. The van der Waals surface area contributed by atoms with Crippen molar-refractivity contribution in [3.8, 4) is 33.4 Å². The van der Waals surface area contributed by atoms with Gasteiger partial charge in [-0.25, -0.2) is 4.79 Å². The highest BCUT2D eigenvalue weighted by atomic mass is 32.1. The monoisotopic (exact) mass is 481 g/mol. The van der Waals surface area contributed by atoms with Gasteiger partial charge in [-0.3, -0.25) is 9.59 Å². The van der Waals surface area contributed by atoms with Gasteiger partial charge in [-0.05, 0) is 48.9 Å². The summed E-state index contributed by atoms with van der Waals surface area (Å²) in [5.74, 6) is 0.735. The number of benzene rings is 2. The Morgan fingerprint density at radius 1 is 0.912 bits per heavy atom. The molecule has 34 heavy (non-hydrogen) atoms. The number of carbonyl (C=O) groups is 3. The van der Waals surface area contributed by atoms with Crippen molar-refractivity contribution < 1.29 is 38.1 Å². The van der Waals surface area contributed by atoms with Gasteiger partial charge in [0.1, 0.15) is 18.1 Å². The number of esters is 1. The predicted octanol–water partition coefficient (Wildman–Crippen LogP) is 3.91. The molecule has 2 aliphatic rings. The number of anilines is 1. The second-order valence-electron chi connectivity index (χ2n) is 7.45. The minimum Gasteiger partial charge on any atom is -0.486 e. The van der Waals surface area contributed by atoms with E-state index < -0.39 is 18.5 Å². The predicted molar refractivity (Wildman–Crippen MR) is 122 cm³/mol. The fraction of sp³-hybridized carbons (Fsp3) is 0.208. The molecule has 0 fully saturated rings. The van der Waals surface area contributed by atoms with Crippen molar-refractivity contribution in [1.29, 1.82) is 0 Å². The van der Waals surface area contributed by atoms with E-state index in [1.807, 2.05) is 18.2 Å². The SMILES string of the molecule is CC(=O)c1cc2c(cc1NC(=O)COC(=O)c1ccc(-c3ccc4c(c3)OCCO4)s1)OCO2. The van der Waals surface area contributed by atoms with Gasteiger partial charge >= 0.3 is 5.97 Å². The third-order valence-electron chi connectivity index (χ3n) is 5.13. The summed E-state index contributed by atoms with van der Waals surface area (Å²) in [5.41, 5.74) is 1.41. The lowest BCUT2D eigenvalue weighted by Crippen LogP contribution is -2.21. The number of rotatable bonds is 6. The highest BCUT2D eigenvalue weighted by molar-refractivity contribution is 7.17. The number of hydrogen-bond donors (Lipinski definition) is 1. The van der Waals surface area contributed by atoms with Gasteiger partial charge < -0.3 is 29.0 Å². The Kier molecular flexibility index (Phi) is 5.81. The zero-order chi connectivity index (χ0) is 23.7. The number of amides is 1. The van der Waals surface area contributed by atoms with Gasteiger partial charge in [-0.1, -0.05) is 0 Å². The Balaban J connectivity index is 1.22. The minimum absolute atomic E-state index is 0.0384. The van der Waals surface area contributed by atoms with Crippen LogP contribution in [0.2, 0.25) is 0 Å². The quantitative estimate of drug-likeness (QED) is 0.417. The van der Waals surface area contributed by atoms with Gasteiger partial charge in [0.25, 0.3) is 5.91 Å². The Morgan fingerprint density at radius 3 is 2.44 bits per heavy atom. The number of fused-ring (bicyclic) bond motifs is 2. The van der Waals surface area contributed by atoms with E-state index in [2.05, 4.69) is 5.32 Å². The lowest BCUT2D eigenvalue weighted by atomic mass is 10.1. The molecule has 9 nitrogen and oxygen atoms in total. The van der Waals surface area contributed by atoms with Gasteiger partial charge in [0, 0.05) is 16.5 Å². The number of hydrogen-bond acceptors (Lipinski definition) is 9. The molecule has 0 atom stereocenters. The molecular weight excluding hydrogens is 462 g/mol. The average molecular weight is 481 g/mol. The topological polar surface area (TPSA) is 109 Å². The average Bonchev–Trinajstić information content (AvgIpc) is 3.51. The summed E-state index contributed by atoms with van der Waals surface area (Å²) >= 11 is 1.24. The molecule has 1 aromatic heterocycles. The van der Waals surface area contributed by atoms with Crippen LogP contribution < -0.4 is 24.3 Å². The van der Waals surface area contributed by atoms with Crippen LogP contribution in [-0.4, -0.2) is 44.3 Å². The Hall–Kier alpha value is -4.05. The standard InChI is InChI=1S/C24H19NO8S/c1-13(26)15-9-19-20(33-12-32-19)10-16(15)25-23(27)11-31-24(28)22-5-4-21(34-22)14-2-3-17-18(8-14)30-7-6-29-17/h2-5,8-10H,6-7,11-12H2,1H3,(H,25,27). The van der Waals surface area contributed by atoms with E-state index >= 15 is 0 Å². The first-order valence-corrected chi connectivity index (χ1v) is 11.2. The first kappa shape index (κ1) is 21.8. The summed E-state index contributed by atoms with van der Waals surface area (Å²) in [6.07, 6.45) is 0. The van der Waals surface area contributed by atoms with Crippen LogP contribution in [-0.2, 0) is 9.53 Å². The van der Waals surface area contributed by atoms with Crippen LogP contribution >= 0.6 is 11.3 Å². The van der Waals surface area contributed by atoms with E-state index in [1.165, 1.54) is 30.4 Å². The first-order chi connectivity index (χ1) is 16.5. The molecule has 1 N–H and O–H groups in total. The molecule has 0 bridgehead atoms. The van der Waals surface area contributed by atoms with Crippen molar-refractivity contribution in [3.05, 3.63) is 52.9 Å². The molecular formula is C24H19NO8S. The third-order valence-corrected chi connectivity index (χ3v) is 6.25. The molecule has 2 aromatic carbocycles. The second-order valence-corrected chi connectivity index (χ2v) is 8.54. The number of nitrogens with one attached hydrogen (secondary N) is 1. The van der Waals surface area contributed by atoms with E-state index in [-0.39, 0.29) is 23.8 Å². The molecule has 1 amide bonds.